The number of benzene rings is 5. The van der Waals surface area contributed by atoms with E-state index in [9.17, 15) is 0 Å². The van der Waals surface area contributed by atoms with Crippen LogP contribution in [-0.4, -0.2) is 0 Å². The van der Waals surface area contributed by atoms with E-state index in [0.29, 0.717) is 0 Å². The lowest BCUT2D eigenvalue weighted by Crippen LogP contribution is -2.15. The molecule has 0 heterocycles. The molecule has 0 unspecified atom stereocenters. The van der Waals surface area contributed by atoms with Gasteiger partial charge in [-0.1, -0.05) is 105 Å². The van der Waals surface area contributed by atoms with Gasteiger partial charge in [-0.2, -0.15) is 0 Å². The second-order valence-corrected chi connectivity index (χ2v) is 10.00. The highest BCUT2D eigenvalue weighted by Gasteiger charge is 2.36. The van der Waals surface area contributed by atoms with Crippen LogP contribution in [0.25, 0.3) is 33.4 Å². The molecule has 0 radical (unpaired) electrons. The smallest absolute Gasteiger partial charge is 0.0387 e. The van der Waals surface area contributed by atoms with Gasteiger partial charge in [-0.15, -0.1) is 0 Å². The van der Waals surface area contributed by atoms with Gasteiger partial charge in [0.25, 0.3) is 0 Å². The molecule has 0 atom stereocenters. The summed E-state index contributed by atoms with van der Waals surface area (Å²) in [5.41, 5.74) is 14.1. The van der Waals surface area contributed by atoms with Crippen molar-refractivity contribution in [2.45, 2.75) is 26.2 Å². The molecule has 0 bridgehead atoms. The topological polar surface area (TPSA) is 12.0 Å². The molecule has 1 N–H and O–H groups in total. The van der Waals surface area contributed by atoms with Crippen molar-refractivity contribution in [1.82, 2.24) is 0 Å². The van der Waals surface area contributed by atoms with E-state index in [1.165, 1.54) is 50.1 Å². The maximum Gasteiger partial charge on any atom is 0.0387 e. The van der Waals surface area contributed by atoms with E-state index in [4.69, 9.17) is 0 Å². The van der Waals surface area contributed by atoms with Crippen molar-refractivity contribution in [3.8, 4) is 33.4 Å². The standard InChI is InChI=1S/C34H29N/c1-23-10-9-15-31-33(23)30-21-20-27(22-32(30)34(31,2)3)35-26-18-16-25(17-19-26)29-14-8-7-13-28(29)24-11-5-4-6-12-24/h4-22,35H,1-3H3. The first-order valence-electron chi connectivity index (χ1n) is 12.3. The Morgan fingerprint density at radius 3 is 1.86 bits per heavy atom. The van der Waals surface area contributed by atoms with Gasteiger partial charge in [0.1, 0.15) is 0 Å². The molecule has 1 heteroatoms. The van der Waals surface area contributed by atoms with Crippen molar-refractivity contribution < 1.29 is 0 Å². The van der Waals surface area contributed by atoms with Crippen molar-refractivity contribution >= 4 is 11.4 Å². The van der Waals surface area contributed by atoms with Gasteiger partial charge >= 0.3 is 0 Å². The molecule has 5 aromatic rings. The second-order valence-electron chi connectivity index (χ2n) is 10.00. The third kappa shape index (κ3) is 3.65. The monoisotopic (exact) mass is 451 g/mol. The van der Waals surface area contributed by atoms with Crippen LogP contribution in [0.5, 0.6) is 0 Å². The highest BCUT2D eigenvalue weighted by atomic mass is 14.9. The van der Waals surface area contributed by atoms with Gasteiger partial charge in [0.2, 0.25) is 0 Å². The van der Waals surface area contributed by atoms with E-state index in [1.807, 2.05) is 0 Å². The van der Waals surface area contributed by atoms with Gasteiger partial charge in [-0.05, 0) is 81.3 Å². The fourth-order valence-electron chi connectivity index (χ4n) is 5.55. The first kappa shape index (κ1) is 21.4. The molecule has 35 heavy (non-hydrogen) atoms. The van der Waals surface area contributed by atoms with Crippen molar-refractivity contribution in [2.24, 2.45) is 0 Å². The minimum atomic E-state index is -0.000613. The molecular formula is C34H29N. The minimum absolute atomic E-state index is 0.000613. The van der Waals surface area contributed by atoms with Crippen LogP contribution in [-0.2, 0) is 5.41 Å². The Bertz CT molecular complexity index is 1530. The highest BCUT2D eigenvalue weighted by Crippen LogP contribution is 2.50. The predicted molar refractivity (Wildman–Crippen MR) is 149 cm³/mol. The Kier molecular flexibility index (Phi) is 5.07. The van der Waals surface area contributed by atoms with Gasteiger partial charge < -0.3 is 5.32 Å². The largest absolute Gasteiger partial charge is 0.356 e. The average molecular weight is 452 g/mol. The van der Waals surface area contributed by atoms with Crippen LogP contribution in [0.15, 0.2) is 115 Å². The van der Waals surface area contributed by atoms with Gasteiger partial charge in [0.15, 0.2) is 0 Å². The van der Waals surface area contributed by atoms with Gasteiger partial charge in [0.05, 0.1) is 0 Å². The van der Waals surface area contributed by atoms with Crippen molar-refractivity contribution in [3.63, 3.8) is 0 Å². The quantitative estimate of drug-likeness (QED) is 0.287. The Labute approximate surface area is 208 Å². The second kappa shape index (κ2) is 8.29. The molecule has 1 aliphatic carbocycles. The van der Waals surface area contributed by atoms with E-state index in [2.05, 4.69) is 141 Å². The highest BCUT2D eigenvalue weighted by molar-refractivity contribution is 5.86. The van der Waals surface area contributed by atoms with Crippen LogP contribution in [0, 0.1) is 6.92 Å². The van der Waals surface area contributed by atoms with Crippen LogP contribution >= 0.6 is 0 Å². The van der Waals surface area contributed by atoms with E-state index >= 15 is 0 Å². The lowest BCUT2D eigenvalue weighted by atomic mass is 9.82. The average Bonchev–Trinajstić information content (AvgIpc) is 3.12. The zero-order chi connectivity index (χ0) is 24.0. The van der Waals surface area contributed by atoms with E-state index in [-0.39, 0.29) is 5.41 Å². The summed E-state index contributed by atoms with van der Waals surface area (Å²) in [7, 11) is 0. The lowest BCUT2D eigenvalue weighted by Gasteiger charge is -2.22. The lowest BCUT2D eigenvalue weighted by molar-refractivity contribution is 0.660. The molecule has 1 nitrogen and oxygen atoms in total. The summed E-state index contributed by atoms with van der Waals surface area (Å²) >= 11 is 0. The number of rotatable bonds is 4. The number of aryl methyl sites for hydroxylation is 1. The predicted octanol–water partition coefficient (Wildman–Crippen LogP) is 9.38. The SMILES string of the molecule is Cc1cccc2c1-c1ccc(Nc3ccc(-c4ccccc4-c4ccccc4)cc3)cc1C2(C)C. The molecule has 0 fully saturated rings. The Hall–Kier alpha value is -4.10. The molecule has 0 spiro atoms. The summed E-state index contributed by atoms with van der Waals surface area (Å²) in [4.78, 5) is 0. The number of anilines is 2. The molecule has 170 valence electrons. The molecule has 0 aliphatic heterocycles. The zero-order valence-electron chi connectivity index (χ0n) is 20.5. The summed E-state index contributed by atoms with van der Waals surface area (Å²) in [6.07, 6.45) is 0. The van der Waals surface area contributed by atoms with Gasteiger partial charge in [-0.25, -0.2) is 0 Å². The van der Waals surface area contributed by atoms with Crippen LogP contribution in [0.3, 0.4) is 0 Å². The normalized spacial score (nSPS) is 13.2. The van der Waals surface area contributed by atoms with Crippen LogP contribution < -0.4 is 5.32 Å². The zero-order valence-corrected chi connectivity index (χ0v) is 20.5. The van der Waals surface area contributed by atoms with Gasteiger partial charge in [-0.3, -0.25) is 0 Å². The summed E-state index contributed by atoms with van der Waals surface area (Å²) in [5.74, 6) is 0. The molecular weight excluding hydrogens is 422 g/mol. The van der Waals surface area contributed by atoms with Crippen molar-refractivity contribution in [1.29, 1.82) is 0 Å². The minimum Gasteiger partial charge on any atom is -0.356 e. The number of nitrogens with one attached hydrogen (secondary N) is 1. The van der Waals surface area contributed by atoms with Crippen LogP contribution in [0.4, 0.5) is 11.4 Å². The first-order valence-corrected chi connectivity index (χ1v) is 12.3. The molecule has 5 aromatic carbocycles. The third-order valence-electron chi connectivity index (χ3n) is 7.40. The summed E-state index contributed by atoms with van der Waals surface area (Å²) in [6, 6.07) is 41.5. The molecule has 1 aliphatic rings. The Morgan fingerprint density at radius 2 is 1.14 bits per heavy atom. The van der Waals surface area contributed by atoms with E-state index < -0.39 is 0 Å². The number of fused-ring (bicyclic) bond motifs is 3. The molecule has 0 saturated carbocycles. The van der Waals surface area contributed by atoms with E-state index in [0.717, 1.165) is 11.4 Å². The fourth-order valence-corrected chi connectivity index (χ4v) is 5.55. The first-order chi connectivity index (χ1) is 17.0. The molecule has 6 rings (SSSR count). The third-order valence-corrected chi connectivity index (χ3v) is 7.40. The Balaban J connectivity index is 1.30. The molecule has 0 aromatic heterocycles. The van der Waals surface area contributed by atoms with E-state index in [1.54, 1.807) is 0 Å². The summed E-state index contributed by atoms with van der Waals surface area (Å²) in [5, 5.41) is 3.64. The maximum absolute atomic E-state index is 3.64. The molecule has 0 saturated heterocycles. The van der Waals surface area contributed by atoms with Crippen LogP contribution in [0.1, 0.15) is 30.5 Å². The summed E-state index contributed by atoms with van der Waals surface area (Å²) < 4.78 is 0. The molecule has 0 amide bonds. The Morgan fingerprint density at radius 1 is 0.514 bits per heavy atom. The fraction of sp³-hybridized carbons (Fsp3) is 0.118. The number of hydrogen-bond acceptors (Lipinski definition) is 1. The maximum atomic E-state index is 3.64. The van der Waals surface area contributed by atoms with Crippen molar-refractivity contribution in [2.75, 3.05) is 5.32 Å². The summed E-state index contributed by atoms with van der Waals surface area (Å²) in [6.45, 7) is 6.88. The number of hydrogen-bond donors (Lipinski definition) is 1. The van der Waals surface area contributed by atoms with Crippen molar-refractivity contribution in [3.05, 3.63) is 132 Å². The van der Waals surface area contributed by atoms with Gasteiger partial charge in [0, 0.05) is 16.8 Å². The van der Waals surface area contributed by atoms with Crippen LogP contribution in [0.2, 0.25) is 0 Å².